The summed E-state index contributed by atoms with van der Waals surface area (Å²) in [4.78, 5) is 11.9. The van der Waals surface area contributed by atoms with Gasteiger partial charge in [0.15, 0.2) is 0 Å². The van der Waals surface area contributed by atoms with Crippen LogP contribution in [0.2, 0.25) is 0 Å². The van der Waals surface area contributed by atoms with E-state index < -0.39 is 12.3 Å². The molecule has 0 aliphatic carbocycles. The van der Waals surface area contributed by atoms with Gasteiger partial charge in [0, 0.05) is 12.5 Å². The Morgan fingerprint density at radius 2 is 1.41 bits per heavy atom. The van der Waals surface area contributed by atoms with Crippen molar-refractivity contribution in [3.8, 4) is 0 Å². The lowest BCUT2D eigenvalue weighted by Gasteiger charge is -2.19. The molecule has 0 spiro atoms. The second-order valence-electron chi connectivity index (χ2n) is 6.94. The predicted octanol–water partition coefficient (Wildman–Crippen LogP) is 2.33. The summed E-state index contributed by atoms with van der Waals surface area (Å²) in [5.41, 5.74) is 0. The summed E-state index contributed by atoms with van der Waals surface area (Å²) < 4.78 is 35.7. The zero-order valence-electron chi connectivity index (χ0n) is 18.8. The summed E-state index contributed by atoms with van der Waals surface area (Å²) >= 11 is 0. The van der Waals surface area contributed by atoms with E-state index in [2.05, 4.69) is 17.6 Å². The number of carbonyl (C=O) groups is 1. The first-order valence-corrected chi connectivity index (χ1v) is 11.0. The van der Waals surface area contributed by atoms with Crippen molar-refractivity contribution in [2.24, 2.45) is 5.92 Å². The molecule has 0 aromatic carbocycles. The normalized spacial score (nSPS) is 13.6. The minimum absolute atomic E-state index is 0.0259. The van der Waals surface area contributed by atoms with Gasteiger partial charge in [0.2, 0.25) is 5.91 Å². The quantitative estimate of drug-likeness (QED) is 0.277. The highest BCUT2D eigenvalue weighted by atomic mass is 19.1. The van der Waals surface area contributed by atoms with Gasteiger partial charge in [-0.05, 0) is 32.7 Å². The van der Waals surface area contributed by atoms with Gasteiger partial charge in [0.05, 0.1) is 58.9 Å². The summed E-state index contributed by atoms with van der Waals surface area (Å²) in [6, 6.07) is 0. The minimum Gasteiger partial charge on any atom is -0.378 e. The van der Waals surface area contributed by atoms with Crippen LogP contribution in [0.5, 0.6) is 0 Å². The van der Waals surface area contributed by atoms with Crippen LogP contribution >= 0.6 is 0 Å². The minimum atomic E-state index is -1.24. The molecular formula is C21H43FN2O5. The van der Waals surface area contributed by atoms with Gasteiger partial charge in [0.25, 0.3) is 0 Å². The van der Waals surface area contributed by atoms with Gasteiger partial charge in [-0.1, -0.05) is 20.8 Å². The Balaban J connectivity index is 3.46. The number of amides is 1. The van der Waals surface area contributed by atoms with Crippen LogP contribution in [0.3, 0.4) is 0 Å². The second kappa shape index (κ2) is 20.5. The largest absolute Gasteiger partial charge is 0.378 e. The summed E-state index contributed by atoms with van der Waals surface area (Å²) in [5, 5.41) is 5.92. The van der Waals surface area contributed by atoms with E-state index >= 15 is 0 Å². The van der Waals surface area contributed by atoms with Gasteiger partial charge < -0.3 is 29.6 Å². The van der Waals surface area contributed by atoms with Gasteiger partial charge >= 0.3 is 0 Å². The first-order valence-electron chi connectivity index (χ1n) is 11.0. The molecule has 0 aliphatic heterocycles. The number of ether oxygens (including phenoxy) is 4. The molecule has 2 N–H and O–H groups in total. The Labute approximate surface area is 176 Å². The summed E-state index contributed by atoms with van der Waals surface area (Å²) in [6.45, 7) is 13.0. The molecule has 0 fully saturated rings. The molecule has 0 saturated heterocycles. The zero-order chi connectivity index (χ0) is 21.7. The number of nitrogens with one attached hydrogen (secondary N) is 2. The van der Waals surface area contributed by atoms with Crippen molar-refractivity contribution in [3.05, 3.63) is 0 Å². The van der Waals surface area contributed by atoms with Gasteiger partial charge in [-0.2, -0.15) is 0 Å². The molecule has 0 aliphatic rings. The molecule has 29 heavy (non-hydrogen) atoms. The Morgan fingerprint density at radius 1 is 0.862 bits per heavy atom. The van der Waals surface area contributed by atoms with Crippen LogP contribution in [0.1, 0.15) is 47.0 Å². The molecular weight excluding hydrogens is 379 g/mol. The predicted molar refractivity (Wildman–Crippen MR) is 113 cm³/mol. The van der Waals surface area contributed by atoms with E-state index in [-0.39, 0.29) is 18.4 Å². The molecule has 174 valence electrons. The molecule has 0 radical (unpaired) electrons. The zero-order valence-corrected chi connectivity index (χ0v) is 18.8. The maximum atomic E-state index is 14.1. The SMILES string of the molecule is CCCNCCOCCOCCOCCOC(C)C(F)CNC(=O)C(CC)CC. The average molecular weight is 423 g/mol. The molecule has 0 rings (SSSR count). The number of halogens is 1. The molecule has 0 aromatic heterocycles. The van der Waals surface area contributed by atoms with Gasteiger partial charge in [-0.15, -0.1) is 0 Å². The van der Waals surface area contributed by atoms with Crippen LogP contribution in [0.25, 0.3) is 0 Å². The fourth-order valence-corrected chi connectivity index (χ4v) is 2.55. The van der Waals surface area contributed by atoms with E-state index in [0.29, 0.717) is 46.2 Å². The molecule has 0 saturated carbocycles. The van der Waals surface area contributed by atoms with Crippen molar-refractivity contribution in [2.75, 3.05) is 65.9 Å². The maximum Gasteiger partial charge on any atom is 0.223 e. The van der Waals surface area contributed by atoms with Crippen molar-refractivity contribution in [2.45, 2.75) is 59.2 Å². The van der Waals surface area contributed by atoms with Crippen molar-refractivity contribution in [1.29, 1.82) is 0 Å². The standard InChI is InChI=1S/C21H43FN2O5/c1-5-8-23-9-10-26-11-12-27-13-14-28-15-16-29-18(4)20(22)17-24-21(25)19(6-2)7-3/h18-20,23H,5-17H2,1-4H3,(H,24,25). The summed E-state index contributed by atoms with van der Waals surface area (Å²) in [6.07, 6.45) is 0.805. The van der Waals surface area contributed by atoms with Crippen molar-refractivity contribution in [3.63, 3.8) is 0 Å². The average Bonchev–Trinajstić information content (AvgIpc) is 2.72. The lowest BCUT2D eigenvalue weighted by Crippen LogP contribution is -2.39. The highest BCUT2D eigenvalue weighted by Gasteiger charge is 2.20. The van der Waals surface area contributed by atoms with Crippen LogP contribution in [0.15, 0.2) is 0 Å². The molecule has 0 aromatic rings. The van der Waals surface area contributed by atoms with E-state index in [0.717, 1.165) is 32.4 Å². The fraction of sp³-hybridized carbons (Fsp3) is 0.952. The van der Waals surface area contributed by atoms with Crippen molar-refractivity contribution < 1.29 is 28.1 Å². The van der Waals surface area contributed by atoms with Crippen LogP contribution in [-0.2, 0) is 23.7 Å². The number of rotatable bonds is 21. The van der Waals surface area contributed by atoms with Gasteiger partial charge in [0.1, 0.15) is 6.17 Å². The summed E-state index contributed by atoms with van der Waals surface area (Å²) in [7, 11) is 0. The summed E-state index contributed by atoms with van der Waals surface area (Å²) in [5.74, 6) is -0.143. The first kappa shape index (κ1) is 28.2. The lowest BCUT2D eigenvalue weighted by molar-refractivity contribution is -0.125. The molecule has 0 heterocycles. The molecule has 2 atom stereocenters. The van der Waals surface area contributed by atoms with Crippen LogP contribution in [0, 0.1) is 5.92 Å². The van der Waals surface area contributed by atoms with Crippen LogP contribution < -0.4 is 10.6 Å². The van der Waals surface area contributed by atoms with Crippen LogP contribution in [0.4, 0.5) is 4.39 Å². The highest BCUT2D eigenvalue weighted by Crippen LogP contribution is 2.08. The van der Waals surface area contributed by atoms with E-state index in [9.17, 15) is 9.18 Å². The smallest absolute Gasteiger partial charge is 0.223 e. The number of hydrogen-bond acceptors (Lipinski definition) is 6. The molecule has 0 bridgehead atoms. The first-order chi connectivity index (χ1) is 14.1. The molecule has 7 nitrogen and oxygen atoms in total. The Kier molecular flexibility index (Phi) is 19.9. The third-order valence-corrected chi connectivity index (χ3v) is 4.54. The van der Waals surface area contributed by atoms with Crippen LogP contribution in [-0.4, -0.2) is 84.1 Å². The monoisotopic (exact) mass is 422 g/mol. The van der Waals surface area contributed by atoms with Gasteiger partial charge in [-0.25, -0.2) is 4.39 Å². The number of carbonyl (C=O) groups excluding carboxylic acids is 1. The van der Waals surface area contributed by atoms with Gasteiger partial charge in [-0.3, -0.25) is 4.79 Å². The van der Waals surface area contributed by atoms with E-state index in [1.54, 1.807) is 6.92 Å². The maximum absolute atomic E-state index is 14.1. The molecule has 8 heteroatoms. The highest BCUT2D eigenvalue weighted by molar-refractivity contribution is 5.78. The van der Waals surface area contributed by atoms with Crippen molar-refractivity contribution in [1.82, 2.24) is 10.6 Å². The second-order valence-corrected chi connectivity index (χ2v) is 6.94. The lowest BCUT2D eigenvalue weighted by atomic mass is 10.0. The fourth-order valence-electron chi connectivity index (χ4n) is 2.55. The number of alkyl halides is 1. The molecule has 1 amide bonds. The Bertz CT molecular complexity index is 373. The Morgan fingerprint density at radius 3 is 1.97 bits per heavy atom. The molecule has 2 unspecified atom stereocenters. The van der Waals surface area contributed by atoms with E-state index in [1.807, 2.05) is 13.8 Å². The van der Waals surface area contributed by atoms with E-state index in [1.165, 1.54) is 0 Å². The van der Waals surface area contributed by atoms with Crippen molar-refractivity contribution >= 4 is 5.91 Å². The third kappa shape index (κ3) is 16.7. The number of hydrogen-bond donors (Lipinski definition) is 2. The van der Waals surface area contributed by atoms with E-state index in [4.69, 9.17) is 18.9 Å². The topological polar surface area (TPSA) is 78.1 Å². The Hall–Kier alpha value is -0.800. The third-order valence-electron chi connectivity index (χ3n) is 4.54.